The van der Waals surface area contributed by atoms with Gasteiger partial charge in [0, 0.05) is 12.7 Å². The molecule has 1 aliphatic rings. The molecule has 0 radical (unpaired) electrons. The van der Waals surface area contributed by atoms with Crippen LogP contribution in [0.1, 0.15) is 10.4 Å². The highest BCUT2D eigenvalue weighted by Gasteiger charge is 2.29. The van der Waals surface area contributed by atoms with E-state index in [1.54, 1.807) is 17.2 Å². The van der Waals surface area contributed by atoms with Gasteiger partial charge in [0.15, 0.2) is 0 Å². The molecule has 2 heterocycles. The van der Waals surface area contributed by atoms with Crippen LogP contribution in [-0.2, 0) is 0 Å². The minimum absolute atomic E-state index is 0.0516. The third-order valence-corrected chi connectivity index (χ3v) is 3.32. The van der Waals surface area contributed by atoms with Gasteiger partial charge in [-0.15, -0.1) is 0 Å². The number of nitrogens with zero attached hydrogens (tertiary/aromatic N) is 3. The van der Waals surface area contributed by atoms with Gasteiger partial charge in [0.05, 0.1) is 24.5 Å². The first-order valence-electron chi connectivity index (χ1n) is 6.49. The normalized spacial score (nSPS) is 14.3. The number of fused-ring (bicyclic) bond motifs is 1. The lowest BCUT2D eigenvalue weighted by Crippen LogP contribution is -2.46. The number of aliphatic hydroxyl groups excluding tert-OH is 1. The number of aromatic nitrogens is 1. The number of carbonyl (C=O) groups excluding carboxylic acids is 1. The number of amides is 1. The van der Waals surface area contributed by atoms with Crippen LogP contribution in [0.2, 0.25) is 0 Å². The number of β-amino-alcohol motifs (C(OH)–C–C–N with tert-alkyl or cyclic N) is 1. The maximum Gasteiger partial charge on any atom is 0.257 e. The average Bonchev–Trinajstić information content (AvgIpc) is 2.51. The van der Waals surface area contributed by atoms with Gasteiger partial charge in [-0.2, -0.15) is 0 Å². The van der Waals surface area contributed by atoms with Crippen LogP contribution >= 0.6 is 0 Å². The van der Waals surface area contributed by atoms with E-state index in [-0.39, 0.29) is 12.5 Å². The maximum absolute atomic E-state index is 12.4. The predicted octanol–water partition coefficient (Wildman–Crippen LogP) is 1.63. The number of aliphatic hydroxyl groups is 1. The summed E-state index contributed by atoms with van der Waals surface area (Å²) in [6, 6.07) is 13.1. The van der Waals surface area contributed by atoms with Gasteiger partial charge in [0.25, 0.3) is 5.91 Å². The maximum atomic E-state index is 12.4. The van der Waals surface area contributed by atoms with Gasteiger partial charge in [0.1, 0.15) is 5.82 Å². The smallest absolute Gasteiger partial charge is 0.257 e. The summed E-state index contributed by atoms with van der Waals surface area (Å²) in [7, 11) is 0. The van der Waals surface area contributed by atoms with Gasteiger partial charge in [-0.05, 0) is 24.3 Å². The zero-order valence-electron chi connectivity index (χ0n) is 10.9. The molecule has 1 amide bonds. The second-order valence-electron chi connectivity index (χ2n) is 4.57. The lowest BCUT2D eigenvalue weighted by atomic mass is 10.1. The minimum Gasteiger partial charge on any atom is -0.395 e. The number of rotatable bonds is 3. The zero-order chi connectivity index (χ0) is 13.9. The number of hydrogen-bond acceptors (Lipinski definition) is 4. The molecule has 0 unspecified atom stereocenters. The standard InChI is InChI=1S/C15H15N3O2/c19-10-9-17-11-18(14-7-3-4-8-16-14)13-6-2-1-5-12(13)15(17)20/h1-8,19H,9-11H2. The molecule has 2 aromatic rings. The van der Waals surface area contributed by atoms with Crippen LogP contribution in [0, 0.1) is 0 Å². The molecule has 1 aliphatic heterocycles. The van der Waals surface area contributed by atoms with Gasteiger partial charge < -0.3 is 14.9 Å². The molecular weight excluding hydrogens is 254 g/mol. The van der Waals surface area contributed by atoms with Crippen LogP contribution in [0.15, 0.2) is 48.7 Å². The van der Waals surface area contributed by atoms with Crippen LogP contribution in [0.3, 0.4) is 0 Å². The summed E-state index contributed by atoms with van der Waals surface area (Å²) in [5.41, 5.74) is 1.49. The quantitative estimate of drug-likeness (QED) is 0.920. The Labute approximate surface area is 117 Å². The van der Waals surface area contributed by atoms with E-state index < -0.39 is 0 Å². The Hall–Kier alpha value is -2.40. The van der Waals surface area contributed by atoms with Gasteiger partial charge in [0.2, 0.25) is 0 Å². The topological polar surface area (TPSA) is 56.7 Å². The summed E-state index contributed by atoms with van der Waals surface area (Å²) in [6.07, 6.45) is 1.73. The first kappa shape index (κ1) is 12.6. The molecule has 0 atom stereocenters. The van der Waals surface area contributed by atoms with Crippen molar-refractivity contribution in [2.75, 3.05) is 24.7 Å². The Morgan fingerprint density at radius 1 is 1.15 bits per heavy atom. The summed E-state index contributed by atoms with van der Waals surface area (Å²) in [5.74, 6) is 0.734. The van der Waals surface area contributed by atoms with Crippen LogP contribution in [0.25, 0.3) is 0 Å². The molecule has 0 spiro atoms. The molecule has 0 saturated carbocycles. The third kappa shape index (κ3) is 2.12. The Morgan fingerprint density at radius 2 is 1.95 bits per heavy atom. The number of anilines is 2. The molecular formula is C15H15N3O2. The first-order valence-corrected chi connectivity index (χ1v) is 6.49. The lowest BCUT2D eigenvalue weighted by Gasteiger charge is -2.37. The van der Waals surface area contributed by atoms with Gasteiger partial charge in [-0.1, -0.05) is 18.2 Å². The summed E-state index contributed by atoms with van der Waals surface area (Å²) < 4.78 is 0. The largest absolute Gasteiger partial charge is 0.395 e. The van der Waals surface area contributed by atoms with Crippen molar-refractivity contribution in [1.29, 1.82) is 0 Å². The Balaban J connectivity index is 2.06. The van der Waals surface area contributed by atoms with Gasteiger partial charge in [-0.3, -0.25) is 4.79 Å². The van der Waals surface area contributed by atoms with Crippen molar-refractivity contribution in [3.8, 4) is 0 Å². The van der Waals surface area contributed by atoms with Crippen molar-refractivity contribution in [3.63, 3.8) is 0 Å². The SMILES string of the molecule is O=C1c2ccccc2N(c2ccccn2)CN1CCO. The van der Waals surface area contributed by atoms with E-state index in [4.69, 9.17) is 5.11 Å². The summed E-state index contributed by atoms with van der Waals surface area (Å²) in [5, 5.41) is 9.11. The summed E-state index contributed by atoms with van der Waals surface area (Å²) in [4.78, 5) is 20.3. The number of carbonyl (C=O) groups is 1. The van der Waals surface area contributed by atoms with E-state index in [1.807, 2.05) is 41.3 Å². The molecule has 5 nitrogen and oxygen atoms in total. The summed E-state index contributed by atoms with van der Waals surface area (Å²) >= 11 is 0. The first-order chi connectivity index (χ1) is 9.81. The number of para-hydroxylation sites is 1. The van der Waals surface area contributed by atoms with Crippen molar-refractivity contribution < 1.29 is 9.90 Å². The molecule has 0 aliphatic carbocycles. The molecule has 20 heavy (non-hydrogen) atoms. The van der Waals surface area contributed by atoms with E-state index in [0.29, 0.717) is 18.8 Å². The average molecular weight is 269 g/mol. The fourth-order valence-electron chi connectivity index (χ4n) is 2.37. The van der Waals surface area contributed by atoms with Crippen molar-refractivity contribution >= 4 is 17.4 Å². The Kier molecular flexibility index (Phi) is 3.35. The third-order valence-electron chi connectivity index (χ3n) is 3.32. The fourth-order valence-corrected chi connectivity index (χ4v) is 2.37. The molecule has 0 saturated heterocycles. The van der Waals surface area contributed by atoms with Crippen LogP contribution in [-0.4, -0.2) is 40.7 Å². The Morgan fingerprint density at radius 3 is 2.70 bits per heavy atom. The van der Waals surface area contributed by atoms with Gasteiger partial charge in [-0.25, -0.2) is 4.98 Å². The predicted molar refractivity (Wildman–Crippen MR) is 75.8 cm³/mol. The summed E-state index contributed by atoms with van der Waals surface area (Å²) in [6.45, 7) is 0.661. The van der Waals surface area contributed by atoms with Crippen LogP contribution in [0.4, 0.5) is 11.5 Å². The molecule has 0 bridgehead atoms. The van der Waals surface area contributed by atoms with Crippen molar-refractivity contribution in [1.82, 2.24) is 9.88 Å². The monoisotopic (exact) mass is 269 g/mol. The molecule has 1 aromatic heterocycles. The molecule has 3 rings (SSSR count). The zero-order valence-corrected chi connectivity index (χ0v) is 10.9. The number of benzene rings is 1. The van der Waals surface area contributed by atoms with Crippen molar-refractivity contribution in [3.05, 3.63) is 54.2 Å². The van der Waals surface area contributed by atoms with Crippen LogP contribution < -0.4 is 4.90 Å². The van der Waals surface area contributed by atoms with E-state index in [2.05, 4.69) is 4.98 Å². The molecule has 102 valence electrons. The van der Waals surface area contributed by atoms with E-state index in [1.165, 1.54) is 0 Å². The molecule has 5 heteroatoms. The fraction of sp³-hybridized carbons (Fsp3) is 0.200. The second kappa shape index (κ2) is 5.30. The van der Waals surface area contributed by atoms with E-state index >= 15 is 0 Å². The number of hydrogen-bond donors (Lipinski definition) is 1. The van der Waals surface area contributed by atoms with E-state index in [0.717, 1.165) is 11.5 Å². The van der Waals surface area contributed by atoms with Crippen LogP contribution in [0.5, 0.6) is 0 Å². The lowest BCUT2D eigenvalue weighted by molar-refractivity contribution is 0.0713. The second-order valence-corrected chi connectivity index (χ2v) is 4.57. The van der Waals surface area contributed by atoms with Crippen molar-refractivity contribution in [2.24, 2.45) is 0 Å². The molecule has 1 N–H and O–H groups in total. The minimum atomic E-state index is -0.0539. The van der Waals surface area contributed by atoms with Gasteiger partial charge >= 0.3 is 0 Å². The molecule has 1 aromatic carbocycles. The number of pyridine rings is 1. The Bertz CT molecular complexity index is 616. The molecule has 0 fully saturated rings. The highest BCUT2D eigenvalue weighted by Crippen LogP contribution is 2.31. The highest BCUT2D eigenvalue weighted by atomic mass is 16.3. The highest BCUT2D eigenvalue weighted by molar-refractivity contribution is 6.02. The van der Waals surface area contributed by atoms with Crippen molar-refractivity contribution in [2.45, 2.75) is 0 Å². The van der Waals surface area contributed by atoms with E-state index in [9.17, 15) is 4.79 Å².